The number of carbonyl (C=O) groups is 1. The van der Waals surface area contributed by atoms with Crippen molar-refractivity contribution in [3.63, 3.8) is 0 Å². The zero-order chi connectivity index (χ0) is 27.3. The summed E-state index contributed by atoms with van der Waals surface area (Å²) in [6.07, 6.45) is 5.55. The first-order valence-corrected chi connectivity index (χ1v) is 13.1. The molecule has 3 rings (SSSR count). The molecule has 1 saturated carbocycles. The minimum absolute atomic E-state index is 0.0443. The van der Waals surface area contributed by atoms with Crippen LogP contribution in [0.25, 0.3) is 12.2 Å². The normalized spacial score (nSPS) is 18.6. The number of Topliss-reactive ketones (excluding diaryl/α,β-unsaturated/α-hetero) is 1. The molecule has 2 aromatic carbocycles. The Morgan fingerprint density at radius 3 is 1.46 bits per heavy atom. The van der Waals surface area contributed by atoms with Gasteiger partial charge < -0.3 is 18.9 Å². The summed E-state index contributed by atoms with van der Waals surface area (Å²) in [5.41, 5.74) is 3.51. The Kier molecular flexibility index (Phi) is 9.12. The van der Waals surface area contributed by atoms with Crippen molar-refractivity contribution in [2.45, 2.75) is 73.5 Å². The van der Waals surface area contributed by atoms with Gasteiger partial charge in [-0.05, 0) is 99.4 Å². The molecule has 0 saturated heterocycles. The van der Waals surface area contributed by atoms with Gasteiger partial charge in [0.15, 0.2) is 28.8 Å². The van der Waals surface area contributed by atoms with Gasteiger partial charge in [-0.2, -0.15) is 0 Å². The van der Waals surface area contributed by atoms with Crippen LogP contribution < -0.4 is 18.9 Å². The van der Waals surface area contributed by atoms with Gasteiger partial charge in [0.05, 0.1) is 26.4 Å². The van der Waals surface area contributed by atoms with Gasteiger partial charge in [-0.15, -0.1) is 0 Å². The van der Waals surface area contributed by atoms with Crippen molar-refractivity contribution in [1.29, 1.82) is 0 Å². The smallest absolute Gasteiger partial charge is 0.185 e. The maximum Gasteiger partial charge on any atom is 0.185 e. The molecule has 1 aliphatic carbocycles. The Morgan fingerprint density at radius 1 is 0.730 bits per heavy atom. The molecule has 5 heteroatoms. The lowest BCUT2D eigenvalue weighted by atomic mass is 9.68. The number of hydrogen-bond donors (Lipinski definition) is 0. The molecule has 37 heavy (non-hydrogen) atoms. The van der Waals surface area contributed by atoms with Crippen molar-refractivity contribution in [2.75, 3.05) is 14.2 Å². The number of benzene rings is 2. The molecule has 0 heterocycles. The summed E-state index contributed by atoms with van der Waals surface area (Å²) in [5, 5.41) is 0. The molecule has 0 radical (unpaired) electrons. The summed E-state index contributed by atoms with van der Waals surface area (Å²) >= 11 is 0. The quantitative estimate of drug-likeness (QED) is 0.342. The maximum absolute atomic E-state index is 13.7. The third-order valence-corrected chi connectivity index (χ3v) is 6.52. The fourth-order valence-electron chi connectivity index (χ4n) is 4.51. The molecule has 0 bridgehead atoms. The van der Waals surface area contributed by atoms with E-state index in [0.29, 0.717) is 28.9 Å². The average Bonchev–Trinajstić information content (AvgIpc) is 2.82. The highest BCUT2D eigenvalue weighted by Crippen LogP contribution is 2.42. The standard InChI is InChI=1S/C32H42O5/c1-20(2)36-27-12-10-22(16-29(27)34-8)14-24-18-26(32(5,6)7)19-25(31(24)33)15-23-11-13-28(37-21(3)4)30(17-23)35-9/h10-17,20-21,26H,18-19H2,1-9H3/b24-14+,25-15+. The lowest BCUT2D eigenvalue weighted by molar-refractivity contribution is -0.113. The molecule has 1 aliphatic rings. The first-order chi connectivity index (χ1) is 17.4. The minimum Gasteiger partial charge on any atom is -0.493 e. The zero-order valence-electron chi connectivity index (χ0n) is 23.8. The van der Waals surface area contributed by atoms with Crippen LogP contribution in [-0.4, -0.2) is 32.2 Å². The summed E-state index contributed by atoms with van der Waals surface area (Å²) in [5.74, 6) is 3.13. The van der Waals surface area contributed by atoms with Crippen LogP contribution in [-0.2, 0) is 4.79 Å². The third kappa shape index (κ3) is 7.41. The number of allylic oxidation sites excluding steroid dienone is 2. The Bertz CT molecular complexity index is 1080. The van der Waals surface area contributed by atoms with E-state index in [1.807, 2.05) is 76.2 Å². The molecule has 0 unspecified atom stereocenters. The molecule has 2 aromatic rings. The van der Waals surface area contributed by atoms with Gasteiger partial charge in [-0.3, -0.25) is 4.79 Å². The fourth-order valence-corrected chi connectivity index (χ4v) is 4.51. The fraction of sp³-hybridized carbons (Fsp3) is 0.469. The van der Waals surface area contributed by atoms with Gasteiger partial charge in [0.1, 0.15) is 0 Å². The zero-order valence-corrected chi connectivity index (χ0v) is 23.8. The molecule has 0 atom stereocenters. The van der Waals surface area contributed by atoms with E-state index in [0.717, 1.165) is 35.1 Å². The summed E-state index contributed by atoms with van der Waals surface area (Å²) < 4.78 is 22.8. The minimum atomic E-state index is 0.0443. The molecule has 0 amide bonds. The second kappa shape index (κ2) is 11.9. The van der Waals surface area contributed by atoms with Crippen LogP contribution in [0.1, 0.15) is 72.4 Å². The first kappa shape index (κ1) is 28.4. The van der Waals surface area contributed by atoms with Crippen LogP contribution in [0.2, 0.25) is 0 Å². The molecule has 200 valence electrons. The van der Waals surface area contributed by atoms with E-state index in [4.69, 9.17) is 18.9 Å². The molecular formula is C32H42O5. The van der Waals surface area contributed by atoms with Crippen molar-refractivity contribution in [3.8, 4) is 23.0 Å². The Balaban J connectivity index is 2.00. The first-order valence-electron chi connectivity index (χ1n) is 13.1. The van der Waals surface area contributed by atoms with Gasteiger partial charge in [0.25, 0.3) is 0 Å². The highest BCUT2D eigenvalue weighted by atomic mass is 16.5. The summed E-state index contributed by atoms with van der Waals surface area (Å²) in [4.78, 5) is 13.7. The largest absolute Gasteiger partial charge is 0.493 e. The van der Waals surface area contributed by atoms with Gasteiger partial charge in [0.2, 0.25) is 0 Å². The maximum atomic E-state index is 13.7. The molecule has 0 N–H and O–H groups in total. The number of methoxy groups -OCH3 is 2. The summed E-state index contributed by atoms with van der Waals surface area (Å²) in [6.45, 7) is 14.7. The SMILES string of the molecule is COc1cc(/C=C2\CC(C(C)(C)C)C/C(=C\c3ccc(OC(C)C)c(OC)c3)C2=O)ccc1OC(C)C. The number of rotatable bonds is 8. The molecule has 1 fully saturated rings. The summed E-state index contributed by atoms with van der Waals surface area (Å²) in [6, 6.07) is 11.6. The van der Waals surface area contributed by atoms with Crippen LogP contribution in [0.4, 0.5) is 0 Å². The Morgan fingerprint density at radius 2 is 1.14 bits per heavy atom. The van der Waals surface area contributed by atoms with Crippen LogP contribution in [0.5, 0.6) is 23.0 Å². The second-order valence-electron chi connectivity index (χ2n) is 11.3. The van der Waals surface area contributed by atoms with Crippen molar-refractivity contribution in [1.82, 2.24) is 0 Å². The summed E-state index contributed by atoms with van der Waals surface area (Å²) in [7, 11) is 3.26. The number of hydrogen-bond acceptors (Lipinski definition) is 5. The average molecular weight is 507 g/mol. The van der Waals surface area contributed by atoms with Crippen molar-refractivity contribution < 1.29 is 23.7 Å². The van der Waals surface area contributed by atoms with E-state index in [2.05, 4.69) is 20.8 Å². The highest BCUT2D eigenvalue weighted by molar-refractivity contribution is 6.14. The van der Waals surface area contributed by atoms with E-state index in [1.165, 1.54) is 0 Å². The van der Waals surface area contributed by atoms with Crippen LogP contribution >= 0.6 is 0 Å². The number of ketones is 1. The second-order valence-corrected chi connectivity index (χ2v) is 11.3. The molecule has 0 aliphatic heterocycles. The molecule has 0 spiro atoms. The lowest BCUT2D eigenvalue weighted by Crippen LogP contribution is -2.29. The van der Waals surface area contributed by atoms with Crippen molar-refractivity contribution in [3.05, 3.63) is 58.7 Å². The van der Waals surface area contributed by atoms with E-state index >= 15 is 0 Å². The Labute approximate surface area is 222 Å². The van der Waals surface area contributed by atoms with Crippen LogP contribution in [0.15, 0.2) is 47.5 Å². The predicted octanol–water partition coefficient (Wildman–Crippen LogP) is 7.77. The topological polar surface area (TPSA) is 54.0 Å². The van der Waals surface area contributed by atoms with Crippen LogP contribution in [0.3, 0.4) is 0 Å². The number of carbonyl (C=O) groups excluding carboxylic acids is 1. The van der Waals surface area contributed by atoms with E-state index < -0.39 is 0 Å². The van der Waals surface area contributed by atoms with E-state index in [1.54, 1.807) is 14.2 Å². The third-order valence-electron chi connectivity index (χ3n) is 6.52. The van der Waals surface area contributed by atoms with Gasteiger partial charge in [-0.25, -0.2) is 0 Å². The number of ether oxygens (including phenoxy) is 4. The van der Waals surface area contributed by atoms with Crippen molar-refractivity contribution >= 4 is 17.9 Å². The molecular weight excluding hydrogens is 464 g/mol. The molecule has 0 aromatic heterocycles. The van der Waals surface area contributed by atoms with Gasteiger partial charge in [-0.1, -0.05) is 32.9 Å². The van der Waals surface area contributed by atoms with E-state index in [9.17, 15) is 4.79 Å². The van der Waals surface area contributed by atoms with E-state index in [-0.39, 0.29) is 23.4 Å². The van der Waals surface area contributed by atoms with Crippen molar-refractivity contribution in [2.24, 2.45) is 11.3 Å². The molecule has 5 nitrogen and oxygen atoms in total. The van der Waals surface area contributed by atoms with Crippen LogP contribution in [0, 0.1) is 11.3 Å². The monoisotopic (exact) mass is 506 g/mol. The van der Waals surface area contributed by atoms with Gasteiger partial charge >= 0.3 is 0 Å². The lowest BCUT2D eigenvalue weighted by Gasteiger charge is -2.35. The Hall–Kier alpha value is -3.21. The highest BCUT2D eigenvalue weighted by Gasteiger charge is 2.34. The van der Waals surface area contributed by atoms with Gasteiger partial charge in [0, 0.05) is 11.1 Å². The predicted molar refractivity (Wildman–Crippen MR) is 151 cm³/mol.